The molecule has 1 aliphatic rings. The fraction of sp³-hybridized carbons (Fsp3) is 0.917. The normalized spacial score (nSPS) is 26.3. The van der Waals surface area contributed by atoms with E-state index in [0.29, 0.717) is 6.04 Å². The van der Waals surface area contributed by atoms with Gasteiger partial charge in [-0.05, 0) is 32.2 Å². The highest BCUT2D eigenvalue weighted by atomic mass is 16.1. The number of nitrogens with one attached hydrogen (secondary N) is 2. The van der Waals surface area contributed by atoms with E-state index >= 15 is 0 Å². The van der Waals surface area contributed by atoms with Crippen LogP contribution in [-0.4, -0.2) is 25.5 Å². The van der Waals surface area contributed by atoms with Crippen molar-refractivity contribution in [2.24, 2.45) is 11.3 Å². The minimum Gasteiger partial charge on any atom is -0.354 e. The summed E-state index contributed by atoms with van der Waals surface area (Å²) in [6.45, 7) is 7.19. The molecule has 1 saturated carbocycles. The van der Waals surface area contributed by atoms with Crippen LogP contribution in [0.3, 0.4) is 0 Å². The smallest absolute Gasteiger partial charge is 0.223 e. The molecule has 3 heteroatoms. The van der Waals surface area contributed by atoms with Crippen molar-refractivity contribution in [1.82, 2.24) is 10.6 Å². The topological polar surface area (TPSA) is 41.1 Å². The Morgan fingerprint density at radius 3 is 2.67 bits per heavy atom. The molecule has 3 nitrogen and oxygen atoms in total. The van der Waals surface area contributed by atoms with Crippen LogP contribution < -0.4 is 10.6 Å². The van der Waals surface area contributed by atoms with Gasteiger partial charge < -0.3 is 10.6 Å². The molecule has 2 unspecified atom stereocenters. The van der Waals surface area contributed by atoms with Crippen LogP contribution in [0.5, 0.6) is 0 Å². The summed E-state index contributed by atoms with van der Waals surface area (Å²) in [4.78, 5) is 11.9. The maximum absolute atomic E-state index is 11.9. The number of carbonyl (C=O) groups excluding carboxylic acids is 1. The van der Waals surface area contributed by atoms with Crippen molar-refractivity contribution < 1.29 is 4.79 Å². The molecule has 0 aliphatic heterocycles. The Hall–Kier alpha value is -0.570. The van der Waals surface area contributed by atoms with Crippen molar-refractivity contribution in [2.45, 2.75) is 46.1 Å². The first kappa shape index (κ1) is 12.5. The molecule has 2 atom stereocenters. The lowest BCUT2D eigenvalue weighted by atomic mass is 9.81. The number of hydrogen-bond acceptors (Lipinski definition) is 2. The summed E-state index contributed by atoms with van der Waals surface area (Å²) in [6, 6.07) is 0.346. The molecule has 0 heterocycles. The summed E-state index contributed by atoms with van der Waals surface area (Å²) in [6.07, 6.45) is 3.41. The van der Waals surface area contributed by atoms with Crippen LogP contribution in [0, 0.1) is 11.3 Å². The van der Waals surface area contributed by atoms with Gasteiger partial charge in [-0.15, -0.1) is 0 Å². The summed E-state index contributed by atoms with van der Waals surface area (Å²) in [7, 11) is 1.91. The number of carbonyl (C=O) groups is 1. The highest BCUT2D eigenvalue weighted by Crippen LogP contribution is 2.42. The van der Waals surface area contributed by atoms with Crippen LogP contribution in [0.1, 0.15) is 40.0 Å². The standard InChI is InChI=1S/C12H24N2O/c1-9(13-4)8-14-11(15)10-6-5-7-12(10,2)3/h9-10,13H,5-8H2,1-4H3,(H,14,15). The second-order valence-electron chi connectivity index (χ2n) is 5.37. The van der Waals surface area contributed by atoms with Crippen molar-refractivity contribution in [1.29, 1.82) is 0 Å². The Morgan fingerprint density at radius 1 is 1.53 bits per heavy atom. The van der Waals surface area contributed by atoms with Gasteiger partial charge >= 0.3 is 0 Å². The fourth-order valence-electron chi connectivity index (χ4n) is 2.29. The Labute approximate surface area is 93.0 Å². The van der Waals surface area contributed by atoms with Crippen LogP contribution in [-0.2, 0) is 4.79 Å². The molecule has 1 rings (SSSR count). The lowest BCUT2D eigenvalue weighted by Crippen LogP contribution is -2.42. The van der Waals surface area contributed by atoms with Crippen molar-refractivity contribution in [3.8, 4) is 0 Å². The Bertz CT molecular complexity index is 226. The van der Waals surface area contributed by atoms with Crippen LogP contribution in [0.2, 0.25) is 0 Å². The van der Waals surface area contributed by atoms with Gasteiger partial charge in [0.2, 0.25) is 5.91 Å². The van der Waals surface area contributed by atoms with E-state index in [4.69, 9.17) is 0 Å². The lowest BCUT2D eigenvalue weighted by molar-refractivity contribution is -0.127. The molecule has 1 fully saturated rings. The van der Waals surface area contributed by atoms with E-state index in [1.165, 1.54) is 12.8 Å². The maximum Gasteiger partial charge on any atom is 0.223 e. The van der Waals surface area contributed by atoms with Gasteiger partial charge in [0.05, 0.1) is 0 Å². The zero-order valence-electron chi connectivity index (χ0n) is 10.4. The minimum absolute atomic E-state index is 0.187. The number of hydrogen-bond donors (Lipinski definition) is 2. The Kier molecular flexibility index (Phi) is 4.14. The zero-order valence-corrected chi connectivity index (χ0v) is 10.4. The van der Waals surface area contributed by atoms with E-state index in [-0.39, 0.29) is 17.2 Å². The average Bonchev–Trinajstić information content (AvgIpc) is 2.53. The van der Waals surface area contributed by atoms with E-state index in [2.05, 4.69) is 31.4 Å². The molecule has 1 aliphatic carbocycles. The number of likely N-dealkylation sites (N-methyl/N-ethyl adjacent to an activating group) is 1. The van der Waals surface area contributed by atoms with Gasteiger partial charge in [0.25, 0.3) is 0 Å². The Morgan fingerprint density at radius 2 is 2.20 bits per heavy atom. The van der Waals surface area contributed by atoms with Gasteiger partial charge in [0.15, 0.2) is 0 Å². The highest BCUT2D eigenvalue weighted by Gasteiger charge is 2.39. The largest absolute Gasteiger partial charge is 0.354 e. The maximum atomic E-state index is 11.9. The fourth-order valence-corrected chi connectivity index (χ4v) is 2.29. The molecule has 0 spiro atoms. The van der Waals surface area contributed by atoms with Crippen LogP contribution in [0.4, 0.5) is 0 Å². The summed E-state index contributed by atoms with van der Waals surface area (Å²) >= 11 is 0. The summed E-state index contributed by atoms with van der Waals surface area (Å²) in [5.41, 5.74) is 0.187. The van der Waals surface area contributed by atoms with Gasteiger partial charge in [-0.2, -0.15) is 0 Å². The SMILES string of the molecule is CNC(C)CNC(=O)C1CCCC1(C)C. The lowest BCUT2D eigenvalue weighted by Gasteiger charge is -2.26. The van der Waals surface area contributed by atoms with Crippen LogP contribution >= 0.6 is 0 Å². The van der Waals surface area contributed by atoms with Crippen molar-refractivity contribution in [2.75, 3.05) is 13.6 Å². The molecule has 0 aromatic heterocycles. The summed E-state index contributed by atoms with van der Waals surface area (Å²) < 4.78 is 0. The molecule has 15 heavy (non-hydrogen) atoms. The summed E-state index contributed by atoms with van der Waals surface area (Å²) in [5, 5.41) is 6.15. The van der Waals surface area contributed by atoms with E-state index in [0.717, 1.165) is 13.0 Å². The monoisotopic (exact) mass is 212 g/mol. The van der Waals surface area contributed by atoms with Gasteiger partial charge in [0.1, 0.15) is 0 Å². The zero-order chi connectivity index (χ0) is 11.5. The second-order valence-corrected chi connectivity index (χ2v) is 5.37. The average molecular weight is 212 g/mol. The van der Waals surface area contributed by atoms with Crippen molar-refractivity contribution in [3.63, 3.8) is 0 Å². The van der Waals surface area contributed by atoms with Gasteiger partial charge in [-0.3, -0.25) is 4.79 Å². The van der Waals surface area contributed by atoms with Gasteiger partial charge in [0, 0.05) is 18.5 Å². The van der Waals surface area contributed by atoms with Crippen molar-refractivity contribution >= 4 is 5.91 Å². The molecule has 0 saturated heterocycles. The predicted molar refractivity (Wildman–Crippen MR) is 62.7 cm³/mol. The Balaban J connectivity index is 2.40. The molecule has 0 bridgehead atoms. The van der Waals surface area contributed by atoms with Gasteiger partial charge in [-0.1, -0.05) is 20.3 Å². The highest BCUT2D eigenvalue weighted by molar-refractivity contribution is 5.79. The first-order valence-electron chi connectivity index (χ1n) is 5.92. The first-order chi connectivity index (χ1) is 6.97. The third-order valence-corrected chi connectivity index (χ3v) is 3.65. The molecular formula is C12H24N2O. The second kappa shape index (κ2) is 4.97. The van der Waals surface area contributed by atoms with Crippen LogP contribution in [0.25, 0.3) is 0 Å². The van der Waals surface area contributed by atoms with E-state index < -0.39 is 0 Å². The molecule has 1 amide bonds. The number of amides is 1. The molecule has 0 aromatic rings. The third kappa shape index (κ3) is 3.20. The van der Waals surface area contributed by atoms with Gasteiger partial charge in [-0.25, -0.2) is 0 Å². The minimum atomic E-state index is 0.187. The molecule has 2 N–H and O–H groups in total. The summed E-state index contributed by atoms with van der Waals surface area (Å²) in [5.74, 6) is 0.446. The molecule has 0 radical (unpaired) electrons. The van der Waals surface area contributed by atoms with Crippen molar-refractivity contribution in [3.05, 3.63) is 0 Å². The number of rotatable bonds is 4. The van der Waals surface area contributed by atoms with E-state index in [1.807, 2.05) is 7.05 Å². The molecular weight excluding hydrogens is 188 g/mol. The quantitative estimate of drug-likeness (QED) is 0.742. The molecule has 88 valence electrons. The van der Waals surface area contributed by atoms with E-state index in [9.17, 15) is 4.79 Å². The predicted octanol–water partition coefficient (Wildman–Crippen LogP) is 1.54. The van der Waals surface area contributed by atoms with E-state index in [1.54, 1.807) is 0 Å². The third-order valence-electron chi connectivity index (χ3n) is 3.65. The van der Waals surface area contributed by atoms with Crippen LogP contribution in [0.15, 0.2) is 0 Å². The first-order valence-corrected chi connectivity index (χ1v) is 5.92. The molecule has 0 aromatic carbocycles.